The molecule has 1 unspecified atom stereocenters. The number of hydrogen-bond donors (Lipinski definition) is 3. The molecular weight excluding hydrogens is 266 g/mol. The van der Waals surface area contributed by atoms with Crippen LogP contribution in [0.3, 0.4) is 0 Å². The van der Waals surface area contributed by atoms with Gasteiger partial charge in [0.2, 0.25) is 0 Å². The van der Waals surface area contributed by atoms with Gasteiger partial charge in [0.1, 0.15) is 11.2 Å². The summed E-state index contributed by atoms with van der Waals surface area (Å²) < 4.78 is 5.09. The van der Waals surface area contributed by atoms with E-state index in [1.165, 1.54) is 0 Å². The molecule has 1 aliphatic carbocycles. The molecule has 0 aromatic rings. The predicted molar refractivity (Wildman–Crippen MR) is 69.3 cm³/mol. The minimum atomic E-state index is -1.45. The Morgan fingerprint density at radius 2 is 1.75 bits per heavy atom. The van der Waals surface area contributed by atoms with Crippen molar-refractivity contribution in [2.24, 2.45) is 0 Å². The van der Waals surface area contributed by atoms with Crippen LogP contribution < -0.4 is 5.32 Å². The van der Waals surface area contributed by atoms with E-state index in [0.29, 0.717) is 18.4 Å². The quantitative estimate of drug-likeness (QED) is 0.412. The van der Waals surface area contributed by atoms with Gasteiger partial charge in [-0.25, -0.2) is 14.4 Å². The molecule has 0 bridgehead atoms. The smallest absolute Gasteiger partial charge is 0.407 e. The first kappa shape index (κ1) is 16.0. The van der Waals surface area contributed by atoms with E-state index in [1.807, 2.05) is 0 Å². The summed E-state index contributed by atoms with van der Waals surface area (Å²) in [7, 11) is 0. The highest BCUT2D eigenvalue weighted by Gasteiger charge is 2.30. The summed E-state index contributed by atoms with van der Waals surface area (Å²) in [6.07, 6.45) is 0.469. The van der Waals surface area contributed by atoms with Crippen molar-refractivity contribution < 1.29 is 29.3 Å². The fraction of sp³-hybridized carbons (Fsp3) is 0.615. The Kier molecular flexibility index (Phi) is 4.75. The van der Waals surface area contributed by atoms with Crippen molar-refractivity contribution >= 4 is 18.0 Å². The average Bonchev–Trinajstić information content (AvgIpc) is 2.61. The van der Waals surface area contributed by atoms with Crippen LogP contribution in [0.2, 0.25) is 0 Å². The Morgan fingerprint density at radius 1 is 1.20 bits per heavy atom. The molecule has 0 saturated heterocycles. The minimum Gasteiger partial charge on any atom is -0.477 e. The SMILES string of the molecule is CC(C)(C)OC(=O)NC1CCC(=C(C(=O)O)C(=O)O)C1. The van der Waals surface area contributed by atoms with Gasteiger partial charge in [-0.3, -0.25) is 0 Å². The number of aliphatic carboxylic acids is 2. The van der Waals surface area contributed by atoms with Gasteiger partial charge in [-0.1, -0.05) is 0 Å². The largest absolute Gasteiger partial charge is 0.477 e. The van der Waals surface area contributed by atoms with Gasteiger partial charge >= 0.3 is 18.0 Å². The van der Waals surface area contributed by atoms with E-state index < -0.39 is 29.2 Å². The third kappa shape index (κ3) is 4.56. The zero-order valence-electron chi connectivity index (χ0n) is 11.7. The monoisotopic (exact) mass is 285 g/mol. The summed E-state index contributed by atoms with van der Waals surface area (Å²) >= 11 is 0. The van der Waals surface area contributed by atoms with Crippen LogP contribution >= 0.6 is 0 Å². The molecule has 0 aromatic heterocycles. The maximum atomic E-state index is 11.6. The van der Waals surface area contributed by atoms with Crippen molar-refractivity contribution in [3.8, 4) is 0 Å². The van der Waals surface area contributed by atoms with Crippen molar-refractivity contribution in [3.05, 3.63) is 11.1 Å². The highest BCUT2D eigenvalue weighted by molar-refractivity contribution is 6.13. The molecule has 1 saturated carbocycles. The van der Waals surface area contributed by atoms with Gasteiger partial charge < -0.3 is 20.3 Å². The number of carbonyl (C=O) groups is 3. The number of carbonyl (C=O) groups excluding carboxylic acids is 1. The molecule has 0 spiro atoms. The van der Waals surface area contributed by atoms with E-state index in [0.717, 1.165) is 0 Å². The number of alkyl carbamates (subject to hydrolysis) is 1. The lowest BCUT2D eigenvalue weighted by Crippen LogP contribution is -2.37. The Labute approximate surface area is 116 Å². The van der Waals surface area contributed by atoms with Crippen molar-refractivity contribution in [1.29, 1.82) is 0 Å². The topological polar surface area (TPSA) is 113 Å². The summed E-state index contributed by atoms with van der Waals surface area (Å²) in [5.74, 6) is -2.91. The van der Waals surface area contributed by atoms with Gasteiger partial charge in [0.15, 0.2) is 0 Å². The van der Waals surface area contributed by atoms with Crippen LogP contribution in [0, 0.1) is 0 Å². The molecule has 1 fully saturated rings. The number of carboxylic acids is 2. The third-order valence-corrected chi connectivity index (χ3v) is 2.79. The first-order valence-electron chi connectivity index (χ1n) is 6.28. The Balaban J connectivity index is 2.68. The van der Waals surface area contributed by atoms with Crippen LogP contribution in [0.4, 0.5) is 4.79 Å². The summed E-state index contributed by atoms with van der Waals surface area (Å²) in [6.45, 7) is 5.21. The third-order valence-electron chi connectivity index (χ3n) is 2.79. The first-order valence-corrected chi connectivity index (χ1v) is 6.28. The summed E-state index contributed by atoms with van der Waals surface area (Å²) in [6, 6.07) is -0.298. The van der Waals surface area contributed by atoms with Crippen LogP contribution in [-0.2, 0) is 14.3 Å². The zero-order chi connectivity index (χ0) is 15.5. The van der Waals surface area contributed by atoms with Crippen LogP contribution in [0.1, 0.15) is 40.0 Å². The summed E-state index contributed by atoms with van der Waals surface area (Å²) in [5.41, 5.74) is -0.876. The van der Waals surface area contributed by atoms with Gasteiger partial charge in [0.05, 0.1) is 0 Å². The first-order chi connectivity index (χ1) is 9.10. The number of carboxylic acid groups (broad SMARTS) is 2. The van der Waals surface area contributed by atoms with E-state index in [1.54, 1.807) is 20.8 Å². The van der Waals surface area contributed by atoms with Gasteiger partial charge in [-0.05, 0) is 45.6 Å². The van der Waals surface area contributed by atoms with Crippen LogP contribution in [-0.4, -0.2) is 39.9 Å². The van der Waals surface area contributed by atoms with Gasteiger partial charge in [0, 0.05) is 6.04 Å². The molecule has 1 amide bonds. The second-order valence-corrected chi connectivity index (χ2v) is 5.67. The molecule has 3 N–H and O–H groups in total. The standard InChI is InChI=1S/C13H19NO6/c1-13(2,3)20-12(19)14-8-5-4-7(6-8)9(10(15)16)11(17)18/h8H,4-6H2,1-3H3,(H,14,19)(H,15,16)(H,17,18). The highest BCUT2D eigenvalue weighted by Crippen LogP contribution is 2.28. The van der Waals surface area contributed by atoms with E-state index in [2.05, 4.69) is 5.32 Å². The average molecular weight is 285 g/mol. The molecule has 0 radical (unpaired) electrons. The van der Waals surface area contributed by atoms with Gasteiger partial charge in [0.25, 0.3) is 0 Å². The second kappa shape index (κ2) is 5.94. The molecule has 0 aromatic carbocycles. The Morgan fingerprint density at radius 3 is 2.20 bits per heavy atom. The molecule has 112 valence electrons. The fourth-order valence-electron chi connectivity index (χ4n) is 2.07. The molecule has 1 aliphatic rings. The van der Waals surface area contributed by atoms with Crippen LogP contribution in [0.5, 0.6) is 0 Å². The molecule has 20 heavy (non-hydrogen) atoms. The van der Waals surface area contributed by atoms with E-state index in [9.17, 15) is 14.4 Å². The summed E-state index contributed by atoms with van der Waals surface area (Å²) in [4.78, 5) is 33.4. The van der Waals surface area contributed by atoms with Crippen molar-refractivity contribution in [2.45, 2.75) is 51.7 Å². The molecular formula is C13H19NO6. The molecule has 7 heteroatoms. The van der Waals surface area contributed by atoms with Crippen molar-refractivity contribution in [3.63, 3.8) is 0 Å². The molecule has 0 aliphatic heterocycles. The van der Waals surface area contributed by atoms with Crippen molar-refractivity contribution in [1.82, 2.24) is 5.32 Å². The molecule has 7 nitrogen and oxygen atoms in total. The van der Waals surface area contributed by atoms with Gasteiger partial charge in [-0.2, -0.15) is 0 Å². The normalized spacial score (nSPS) is 18.6. The number of hydrogen-bond acceptors (Lipinski definition) is 4. The van der Waals surface area contributed by atoms with Crippen molar-refractivity contribution in [2.75, 3.05) is 0 Å². The predicted octanol–water partition coefficient (Wildman–Crippen LogP) is 1.53. The lowest BCUT2D eigenvalue weighted by molar-refractivity contribution is -0.140. The molecule has 1 atom stereocenters. The highest BCUT2D eigenvalue weighted by atomic mass is 16.6. The number of amides is 1. The van der Waals surface area contributed by atoms with E-state index in [-0.39, 0.29) is 12.5 Å². The minimum absolute atomic E-state index is 0.215. The number of ether oxygens (including phenoxy) is 1. The lowest BCUT2D eigenvalue weighted by Gasteiger charge is -2.21. The fourth-order valence-corrected chi connectivity index (χ4v) is 2.07. The molecule has 0 heterocycles. The number of rotatable bonds is 3. The lowest BCUT2D eigenvalue weighted by atomic mass is 10.1. The Bertz CT molecular complexity index is 444. The maximum Gasteiger partial charge on any atom is 0.407 e. The van der Waals surface area contributed by atoms with Crippen LogP contribution in [0.15, 0.2) is 11.1 Å². The number of nitrogens with one attached hydrogen (secondary N) is 1. The summed E-state index contributed by atoms with van der Waals surface area (Å²) in [5, 5.41) is 20.4. The van der Waals surface area contributed by atoms with E-state index in [4.69, 9.17) is 14.9 Å². The molecule has 1 rings (SSSR count). The zero-order valence-corrected chi connectivity index (χ0v) is 11.7. The van der Waals surface area contributed by atoms with Crippen LogP contribution in [0.25, 0.3) is 0 Å². The Hall–Kier alpha value is -2.05. The van der Waals surface area contributed by atoms with E-state index >= 15 is 0 Å². The maximum absolute atomic E-state index is 11.6. The second-order valence-electron chi connectivity index (χ2n) is 5.67. The van der Waals surface area contributed by atoms with Gasteiger partial charge in [-0.15, -0.1) is 0 Å².